The van der Waals surface area contributed by atoms with Crippen LogP contribution in [0.1, 0.15) is 6.92 Å². The Balaban J connectivity index is 4.34. The molecule has 0 rings (SSSR count). The molecule has 0 aromatic rings. The van der Waals surface area contributed by atoms with Gasteiger partial charge in [-0.3, -0.25) is 0 Å². The van der Waals surface area contributed by atoms with E-state index in [-0.39, 0.29) is 0 Å². The molecule has 46 valence electrons. The van der Waals surface area contributed by atoms with E-state index in [1.807, 2.05) is 0 Å². The first kappa shape index (κ1) is 7.73. The first-order valence-corrected chi connectivity index (χ1v) is 4.19. The van der Waals surface area contributed by atoms with Gasteiger partial charge in [0, 0.05) is 10.7 Å². The summed E-state index contributed by atoms with van der Waals surface area (Å²) in [6.07, 6.45) is 0. The van der Waals surface area contributed by atoms with Gasteiger partial charge in [0.25, 0.3) is 0 Å². The van der Waals surface area contributed by atoms with Crippen LogP contribution in [0.15, 0.2) is 0 Å². The van der Waals surface area contributed by atoms with Gasteiger partial charge >= 0.3 is 0 Å². The molecule has 0 heterocycles. The Bertz CT molecular complexity index is 202. The zero-order valence-corrected chi connectivity index (χ0v) is 5.70. The molecule has 8 heavy (non-hydrogen) atoms. The maximum absolute atomic E-state index is 10.1. The minimum absolute atomic E-state index is 1.11. The summed E-state index contributed by atoms with van der Waals surface area (Å²) in [6, 6.07) is 1.48. The van der Waals surface area contributed by atoms with Crippen molar-refractivity contribution in [3.8, 4) is 6.07 Å². The SMILES string of the molecule is CC(C#N)S(=O)(=O)Cl. The van der Waals surface area contributed by atoms with E-state index in [1.54, 1.807) is 0 Å². The van der Waals surface area contributed by atoms with Crippen LogP contribution >= 0.6 is 10.7 Å². The lowest BCUT2D eigenvalue weighted by Gasteiger charge is -1.90. The first-order valence-electron chi connectivity index (χ1n) is 1.81. The van der Waals surface area contributed by atoms with Crippen molar-refractivity contribution in [2.24, 2.45) is 0 Å². The highest BCUT2D eigenvalue weighted by molar-refractivity contribution is 8.14. The van der Waals surface area contributed by atoms with Crippen molar-refractivity contribution in [2.45, 2.75) is 12.2 Å². The number of nitrogens with zero attached hydrogens (tertiary/aromatic N) is 1. The summed E-state index contributed by atoms with van der Waals surface area (Å²) in [6.45, 7) is 1.22. The molecule has 3 nitrogen and oxygen atoms in total. The van der Waals surface area contributed by atoms with Gasteiger partial charge < -0.3 is 0 Å². The lowest BCUT2D eigenvalue weighted by atomic mass is 10.5. The van der Waals surface area contributed by atoms with Gasteiger partial charge in [-0.1, -0.05) is 0 Å². The van der Waals surface area contributed by atoms with E-state index in [2.05, 4.69) is 0 Å². The Labute approximate surface area is 52.3 Å². The third-order valence-electron chi connectivity index (χ3n) is 0.604. The van der Waals surface area contributed by atoms with Crippen molar-refractivity contribution in [3.05, 3.63) is 0 Å². The third-order valence-corrected chi connectivity index (χ3v) is 2.36. The largest absolute Gasteiger partial charge is 0.248 e. The molecule has 0 fully saturated rings. The third kappa shape index (κ3) is 2.15. The van der Waals surface area contributed by atoms with Gasteiger partial charge in [-0.05, 0) is 6.92 Å². The highest BCUT2D eigenvalue weighted by atomic mass is 35.7. The summed E-state index contributed by atoms with van der Waals surface area (Å²) in [5.74, 6) is 0. The predicted octanol–water partition coefficient (Wildman–Crippen LogP) is 0.467. The molecule has 1 unspecified atom stereocenters. The summed E-state index contributed by atoms with van der Waals surface area (Å²) < 4.78 is 20.2. The standard InChI is InChI=1S/C3H4ClNO2S/c1-3(2-5)8(4,6)7/h3H,1H3. The van der Waals surface area contributed by atoms with Crippen molar-refractivity contribution in [3.63, 3.8) is 0 Å². The van der Waals surface area contributed by atoms with Gasteiger partial charge in [0.1, 0.15) is 0 Å². The van der Waals surface area contributed by atoms with Crippen LogP contribution in [0.3, 0.4) is 0 Å². The quantitative estimate of drug-likeness (QED) is 0.515. The second-order valence-electron chi connectivity index (χ2n) is 1.25. The van der Waals surface area contributed by atoms with Crippen LogP contribution in [0, 0.1) is 11.3 Å². The fraction of sp³-hybridized carbons (Fsp3) is 0.667. The van der Waals surface area contributed by atoms with Crippen molar-refractivity contribution < 1.29 is 8.42 Å². The first-order chi connectivity index (χ1) is 3.48. The average molecular weight is 154 g/mol. The van der Waals surface area contributed by atoms with Crippen LogP contribution < -0.4 is 0 Å². The van der Waals surface area contributed by atoms with E-state index in [9.17, 15) is 8.42 Å². The highest BCUT2D eigenvalue weighted by Crippen LogP contribution is 2.03. The van der Waals surface area contributed by atoms with E-state index in [1.165, 1.54) is 13.0 Å². The number of hydrogen-bond acceptors (Lipinski definition) is 3. The minimum atomic E-state index is -3.64. The van der Waals surface area contributed by atoms with E-state index in [4.69, 9.17) is 15.9 Å². The van der Waals surface area contributed by atoms with E-state index in [0.717, 1.165) is 0 Å². The average Bonchev–Trinajstić information content (AvgIpc) is 1.62. The van der Waals surface area contributed by atoms with Crippen molar-refractivity contribution >= 4 is 19.7 Å². The van der Waals surface area contributed by atoms with Crippen molar-refractivity contribution in [1.29, 1.82) is 5.26 Å². The van der Waals surface area contributed by atoms with Gasteiger partial charge in [0.15, 0.2) is 5.25 Å². The molecule has 0 bridgehead atoms. The van der Waals surface area contributed by atoms with Gasteiger partial charge in [0.05, 0.1) is 6.07 Å². The Kier molecular flexibility index (Phi) is 2.26. The van der Waals surface area contributed by atoms with Gasteiger partial charge in [-0.2, -0.15) is 5.26 Å². The van der Waals surface area contributed by atoms with Crippen LogP contribution in [0.25, 0.3) is 0 Å². The number of rotatable bonds is 1. The fourth-order valence-corrected chi connectivity index (χ4v) is 0.308. The van der Waals surface area contributed by atoms with Crippen LogP contribution in [-0.4, -0.2) is 13.7 Å². The molecule has 0 radical (unpaired) electrons. The topological polar surface area (TPSA) is 57.9 Å². The van der Waals surface area contributed by atoms with Gasteiger partial charge in [-0.25, -0.2) is 8.42 Å². The molecule has 0 spiro atoms. The predicted molar refractivity (Wildman–Crippen MR) is 29.8 cm³/mol. The number of nitriles is 1. The number of hydrogen-bond donors (Lipinski definition) is 0. The maximum atomic E-state index is 10.1. The summed E-state index contributed by atoms with van der Waals surface area (Å²) in [7, 11) is 1.09. The summed E-state index contributed by atoms with van der Waals surface area (Å²) in [5.41, 5.74) is 0. The summed E-state index contributed by atoms with van der Waals surface area (Å²) in [4.78, 5) is 0. The molecule has 0 saturated heterocycles. The molecule has 5 heteroatoms. The Hall–Kier alpha value is -0.270. The lowest BCUT2D eigenvalue weighted by molar-refractivity contribution is 0.606. The molecular weight excluding hydrogens is 150 g/mol. The van der Waals surface area contributed by atoms with Crippen molar-refractivity contribution in [2.75, 3.05) is 0 Å². The molecule has 0 aliphatic rings. The summed E-state index contributed by atoms with van der Waals surface area (Å²) >= 11 is 0. The molecule has 0 saturated carbocycles. The molecule has 0 amide bonds. The molecule has 0 aliphatic heterocycles. The molecule has 0 aromatic heterocycles. The zero-order chi connectivity index (χ0) is 6.78. The molecule has 0 aliphatic carbocycles. The van der Waals surface area contributed by atoms with Crippen LogP contribution in [-0.2, 0) is 9.05 Å². The van der Waals surface area contributed by atoms with Gasteiger partial charge in [0.2, 0.25) is 9.05 Å². The van der Waals surface area contributed by atoms with Crippen molar-refractivity contribution in [1.82, 2.24) is 0 Å². The minimum Gasteiger partial charge on any atom is -0.211 e. The smallest absolute Gasteiger partial charge is 0.211 e. The molecule has 0 N–H and O–H groups in total. The van der Waals surface area contributed by atoms with E-state index < -0.39 is 14.3 Å². The Morgan fingerprint density at radius 3 is 2.12 bits per heavy atom. The molecule has 0 aromatic carbocycles. The second kappa shape index (κ2) is 2.33. The highest BCUT2D eigenvalue weighted by Gasteiger charge is 2.15. The number of halogens is 1. The van der Waals surface area contributed by atoms with Crippen LogP contribution in [0.2, 0.25) is 0 Å². The zero-order valence-electron chi connectivity index (χ0n) is 4.13. The fourth-order valence-electron chi connectivity index (χ4n) is 0.0630. The normalized spacial score (nSPS) is 14.6. The molecular formula is C3H4ClNO2S. The Morgan fingerprint density at radius 1 is 1.75 bits per heavy atom. The maximum Gasteiger partial charge on any atom is 0.248 e. The second-order valence-corrected chi connectivity index (χ2v) is 4.20. The van der Waals surface area contributed by atoms with Crippen LogP contribution in [0.4, 0.5) is 0 Å². The molecule has 1 atom stereocenters. The lowest BCUT2D eigenvalue weighted by Crippen LogP contribution is -2.07. The monoisotopic (exact) mass is 153 g/mol. The summed E-state index contributed by atoms with van der Waals surface area (Å²) in [5, 5.41) is 6.85. The van der Waals surface area contributed by atoms with Crippen LogP contribution in [0.5, 0.6) is 0 Å². The van der Waals surface area contributed by atoms with E-state index in [0.29, 0.717) is 0 Å². The van der Waals surface area contributed by atoms with E-state index >= 15 is 0 Å². The Morgan fingerprint density at radius 2 is 2.12 bits per heavy atom. The van der Waals surface area contributed by atoms with Gasteiger partial charge in [-0.15, -0.1) is 0 Å².